The Labute approximate surface area is 194 Å². The minimum atomic E-state index is -3.77. The second-order valence-electron chi connectivity index (χ2n) is 7.27. The molecule has 0 unspecified atom stereocenters. The van der Waals surface area contributed by atoms with Crippen LogP contribution >= 0.6 is 0 Å². The zero-order valence-corrected chi connectivity index (χ0v) is 19.5. The predicted octanol–water partition coefficient (Wildman–Crippen LogP) is 5.32. The lowest BCUT2D eigenvalue weighted by Gasteiger charge is -2.11. The molecule has 3 aromatic rings. The Hall–Kier alpha value is -3.52. The normalized spacial score (nSPS) is 11.0. The summed E-state index contributed by atoms with van der Waals surface area (Å²) in [4.78, 5) is 12.7. The molecule has 0 aliphatic heterocycles. The zero-order valence-electron chi connectivity index (χ0n) is 18.7. The summed E-state index contributed by atoms with van der Waals surface area (Å²) in [5, 5.41) is 2.78. The number of benzene rings is 3. The summed E-state index contributed by atoms with van der Waals surface area (Å²) in [5.74, 6) is 0.996. The van der Waals surface area contributed by atoms with Crippen LogP contribution in [-0.4, -0.2) is 27.5 Å². The lowest BCUT2D eigenvalue weighted by atomic mass is 10.2. The second-order valence-corrected chi connectivity index (χ2v) is 8.95. The standard InChI is InChI=1S/C25H28N2O5S/c1-3-5-17-32-23-8-6-7-19(18-23)25(28)26-20-11-15-24(16-12-20)33(29,30)27-21-9-13-22(14-10-21)31-4-2/h6-16,18,27H,3-5,17H2,1-2H3,(H,26,28). The number of rotatable bonds is 11. The minimum Gasteiger partial charge on any atom is -0.494 e. The van der Waals surface area contributed by atoms with Gasteiger partial charge in [-0.3, -0.25) is 9.52 Å². The van der Waals surface area contributed by atoms with Gasteiger partial charge in [-0.05, 0) is 80.1 Å². The molecule has 0 saturated heterocycles. The van der Waals surface area contributed by atoms with Crippen molar-refractivity contribution in [2.75, 3.05) is 23.3 Å². The third-order valence-electron chi connectivity index (χ3n) is 4.70. The minimum absolute atomic E-state index is 0.0840. The maximum atomic E-state index is 12.7. The summed E-state index contributed by atoms with van der Waals surface area (Å²) in [7, 11) is -3.77. The molecule has 2 N–H and O–H groups in total. The number of sulfonamides is 1. The van der Waals surface area contributed by atoms with Crippen molar-refractivity contribution >= 4 is 27.3 Å². The van der Waals surface area contributed by atoms with Crippen molar-refractivity contribution in [1.29, 1.82) is 0 Å². The van der Waals surface area contributed by atoms with Crippen LogP contribution in [-0.2, 0) is 10.0 Å². The summed E-state index contributed by atoms with van der Waals surface area (Å²) in [5.41, 5.74) is 1.37. The first-order chi connectivity index (χ1) is 15.9. The van der Waals surface area contributed by atoms with E-state index in [0.29, 0.717) is 41.7 Å². The average molecular weight is 469 g/mol. The van der Waals surface area contributed by atoms with Gasteiger partial charge < -0.3 is 14.8 Å². The predicted molar refractivity (Wildman–Crippen MR) is 130 cm³/mol. The summed E-state index contributed by atoms with van der Waals surface area (Å²) in [6, 6.07) is 19.6. The first kappa shape index (κ1) is 24.1. The molecule has 0 radical (unpaired) electrons. The molecule has 0 aliphatic carbocycles. The van der Waals surface area contributed by atoms with Crippen molar-refractivity contribution < 1.29 is 22.7 Å². The van der Waals surface area contributed by atoms with Gasteiger partial charge in [0.05, 0.1) is 18.1 Å². The van der Waals surface area contributed by atoms with Crippen LogP contribution in [0, 0.1) is 0 Å². The highest BCUT2D eigenvalue weighted by atomic mass is 32.2. The fourth-order valence-electron chi connectivity index (χ4n) is 2.98. The molecule has 3 aromatic carbocycles. The molecule has 3 rings (SSSR count). The lowest BCUT2D eigenvalue weighted by molar-refractivity contribution is 0.102. The monoisotopic (exact) mass is 468 g/mol. The summed E-state index contributed by atoms with van der Waals surface area (Å²) >= 11 is 0. The first-order valence-corrected chi connectivity index (χ1v) is 12.3. The van der Waals surface area contributed by atoms with Crippen LogP contribution in [0.1, 0.15) is 37.0 Å². The Morgan fingerprint density at radius 1 is 0.848 bits per heavy atom. The number of hydrogen-bond acceptors (Lipinski definition) is 5. The third kappa shape index (κ3) is 6.98. The number of nitrogens with one attached hydrogen (secondary N) is 2. The van der Waals surface area contributed by atoms with Crippen molar-refractivity contribution in [3.05, 3.63) is 78.4 Å². The van der Waals surface area contributed by atoms with E-state index in [1.807, 2.05) is 13.0 Å². The number of amides is 1. The lowest BCUT2D eigenvalue weighted by Crippen LogP contribution is -2.14. The quantitative estimate of drug-likeness (QED) is 0.372. The molecule has 0 heterocycles. The fraction of sp³-hybridized carbons (Fsp3) is 0.240. The van der Waals surface area contributed by atoms with E-state index in [4.69, 9.17) is 9.47 Å². The van der Waals surface area contributed by atoms with E-state index in [2.05, 4.69) is 17.0 Å². The van der Waals surface area contributed by atoms with E-state index in [1.165, 1.54) is 12.1 Å². The van der Waals surface area contributed by atoms with Gasteiger partial charge in [0.1, 0.15) is 11.5 Å². The van der Waals surface area contributed by atoms with E-state index in [9.17, 15) is 13.2 Å². The summed E-state index contributed by atoms with van der Waals surface area (Å²) in [6.45, 7) is 5.09. The van der Waals surface area contributed by atoms with Crippen LogP contribution in [0.2, 0.25) is 0 Å². The van der Waals surface area contributed by atoms with Crippen LogP contribution in [0.15, 0.2) is 77.7 Å². The Kier molecular flexibility index (Phi) is 8.32. The van der Waals surface area contributed by atoms with Gasteiger partial charge in [-0.1, -0.05) is 19.4 Å². The maximum absolute atomic E-state index is 12.7. The molecular formula is C25H28N2O5S. The van der Waals surface area contributed by atoms with E-state index < -0.39 is 10.0 Å². The highest BCUT2D eigenvalue weighted by molar-refractivity contribution is 7.92. The highest BCUT2D eigenvalue weighted by Crippen LogP contribution is 2.21. The molecular weight excluding hydrogens is 440 g/mol. The highest BCUT2D eigenvalue weighted by Gasteiger charge is 2.15. The molecule has 1 amide bonds. The Morgan fingerprint density at radius 3 is 2.21 bits per heavy atom. The Bertz CT molecular complexity index is 1160. The van der Waals surface area contributed by atoms with Gasteiger partial charge in [-0.25, -0.2) is 8.42 Å². The smallest absolute Gasteiger partial charge is 0.261 e. The number of unbranched alkanes of at least 4 members (excludes halogenated alkanes) is 1. The molecule has 0 bridgehead atoms. The van der Waals surface area contributed by atoms with Crippen LogP contribution in [0.4, 0.5) is 11.4 Å². The van der Waals surface area contributed by atoms with Gasteiger partial charge in [0, 0.05) is 16.9 Å². The Morgan fingerprint density at radius 2 is 1.55 bits per heavy atom. The van der Waals surface area contributed by atoms with Gasteiger partial charge in [0.2, 0.25) is 0 Å². The van der Waals surface area contributed by atoms with Gasteiger partial charge >= 0.3 is 0 Å². The fourth-order valence-corrected chi connectivity index (χ4v) is 4.04. The molecule has 33 heavy (non-hydrogen) atoms. The maximum Gasteiger partial charge on any atom is 0.261 e. The van der Waals surface area contributed by atoms with Crippen LogP contribution in [0.25, 0.3) is 0 Å². The van der Waals surface area contributed by atoms with Gasteiger partial charge in [0.15, 0.2) is 0 Å². The van der Waals surface area contributed by atoms with Crippen LogP contribution in [0.5, 0.6) is 11.5 Å². The topological polar surface area (TPSA) is 93.7 Å². The number of anilines is 2. The second kappa shape index (κ2) is 11.4. The van der Waals surface area contributed by atoms with Crippen molar-refractivity contribution in [2.24, 2.45) is 0 Å². The number of carbonyl (C=O) groups is 1. The molecule has 0 atom stereocenters. The summed E-state index contributed by atoms with van der Waals surface area (Å²) in [6.07, 6.45) is 1.97. The largest absolute Gasteiger partial charge is 0.494 e. The van der Waals surface area contributed by atoms with Gasteiger partial charge in [-0.2, -0.15) is 0 Å². The molecule has 0 saturated carbocycles. The van der Waals surface area contributed by atoms with Gasteiger partial charge in [-0.15, -0.1) is 0 Å². The SMILES string of the molecule is CCCCOc1cccc(C(=O)Nc2ccc(S(=O)(=O)Nc3ccc(OCC)cc3)cc2)c1. The Balaban J connectivity index is 1.63. The zero-order chi connectivity index (χ0) is 23.7. The van der Waals surface area contributed by atoms with Gasteiger partial charge in [0.25, 0.3) is 15.9 Å². The molecule has 0 aliphatic rings. The van der Waals surface area contributed by atoms with Crippen molar-refractivity contribution in [1.82, 2.24) is 0 Å². The first-order valence-electron chi connectivity index (χ1n) is 10.8. The van der Waals surface area contributed by atoms with Crippen LogP contribution < -0.4 is 19.5 Å². The third-order valence-corrected chi connectivity index (χ3v) is 6.10. The molecule has 174 valence electrons. The molecule has 0 spiro atoms. The molecule has 0 fully saturated rings. The van der Waals surface area contributed by atoms with Crippen molar-refractivity contribution in [2.45, 2.75) is 31.6 Å². The molecule has 8 heteroatoms. The summed E-state index contributed by atoms with van der Waals surface area (Å²) < 4.78 is 38.9. The van der Waals surface area contributed by atoms with Crippen molar-refractivity contribution in [3.63, 3.8) is 0 Å². The van der Waals surface area contributed by atoms with Crippen LogP contribution in [0.3, 0.4) is 0 Å². The van der Waals surface area contributed by atoms with E-state index in [-0.39, 0.29) is 10.8 Å². The molecule has 0 aromatic heterocycles. The average Bonchev–Trinajstić information content (AvgIpc) is 2.81. The van der Waals surface area contributed by atoms with E-state index in [1.54, 1.807) is 54.6 Å². The van der Waals surface area contributed by atoms with E-state index in [0.717, 1.165) is 12.8 Å². The van der Waals surface area contributed by atoms with E-state index >= 15 is 0 Å². The molecule has 7 nitrogen and oxygen atoms in total. The number of carbonyl (C=O) groups excluding carboxylic acids is 1. The number of hydrogen-bond donors (Lipinski definition) is 2. The number of ether oxygens (including phenoxy) is 2. The van der Waals surface area contributed by atoms with Crippen molar-refractivity contribution in [3.8, 4) is 11.5 Å².